The van der Waals surface area contributed by atoms with E-state index in [0.717, 1.165) is 17.5 Å². The molecule has 2 unspecified atom stereocenters. The molecule has 0 bridgehead atoms. The average Bonchev–Trinajstić information content (AvgIpc) is 2.71. The van der Waals surface area contributed by atoms with Gasteiger partial charge in [-0.1, -0.05) is 6.07 Å². The lowest BCUT2D eigenvalue weighted by Crippen LogP contribution is -2.38. The molecular formula is C14H21FN2O2S. The first-order valence-corrected chi connectivity index (χ1v) is 8.63. The Hall–Kier alpha value is -0.980. The van der Waals surface area contributed by atoms with Gasteiger partial charge in [-0.25, -0.2) is 12.8 Å². The normalized spacial score (nSPS) is 22.9. The van der Waals surface area contributed by atoms with Crippen LogP contribution in [-0.4, -0.2) is 26.0 Å². The van der Waals surface area contributed by atoms with Gasteiger partial charge in [-0.2, -0.15) is 0 Å². The van der Waals surface area contributed by atoms with E-state index in [-0.39, 0.29) is 29.3 Å². The van der Waals surface area contributed by atoms with Crippen molar-refractivity contribution in [3.05, 3.63) is 35.1 Å². The number of benzene rings is 1. The molecule has 112 valence electrons. The summed E-state index contributed by atoms with van der Waals surface area (Å²) in [6, 6.07) is 4.72. The van der Waals surface area contributed by atoms with Gasteiger partial charge in [-0.05, 0) is 55.4 Å². The molecule has 2 rings (SSSR count). The number of hydrogen-bond donors (Lipinski definition) is 2. The number of hydrazine groups is 1. The molecule has 1 aromatic rings. The van der Waals surface area contributed by atoms with Gasteiger partial charge in [-0.15, -0.1) is 0 Å². The predicted octanol–water partition coefficient (Wildman–Crippen LogP) is 1.33. The Labute approximate surface area is 119 Å². The summed E-state index contributed by atoms with van der Waals surface area (Å²) in [5.74, 6) is 6.04. The highest BCUT2D eigenvalue weighted by atomic mass is 32.2. The molecule has 0 amide bonds. The fraction of sp³-hybridized carbons (Fsp3) is 0.571. The van der Waals surface area contributed by atoms with Gasteiger partial charge < -0.3 is 0 Å². The summed E-state index contributed by atoms with van der Waals surface area (Å²) in [7, 11) is -2.85. The van der Waals surface area contributed by atoms with Crippen molar-refractivity contribution in [2.75, 3.05) is 11.5 Å². The van der Waals surface area contributed by atoms with Crippen LogP contribution in [0, 0.1) is 18.7 Å². The van der Waals surface area contributed by atoms with Crippen LogP contribution in [0.5, 0.6) is 0 Å². The van der Waals surface area contributed by atoms with E-state index < -0.39 is 9.84 Å². The number of halogens is 1. The molecule has 0 aliphatic carbocycles. The van der Waals surface area contributed by atoms with Gasteiger partial charge in [0.2, 0.25) is 0 Å². The summed E-state index contributed by atoms with van der Waals surface area (Å²) < 4.78 is 36.0. The van der Waals surface area contributed by atoms with E-state index in [2.05, 4.69) is 5.43 Å². The number of nitrogens with two attached hydrogens (primary N) is 1. The van der Waals surface area contributed by atoms with E-state index in [1.807, 2.05) is 6.92 Å². The summed E-state index contributed by atoms with van der Waals surface area (Å²) in [5, 5.41) is 0. The van der Waals surface area contributed by atoms with Crippen molar-refractivity contribution in [3.8, 4) is 0 Å². The predicted molar refractivity (Wildman–Crippen MR) is 77.3 cm³/mol. The van der Waals surface area contributed by atoms with Crippen LogP contribution in [0.1, 0.15) is 24.0 Å². The summed E-state index contributed by atoms with van der Waals surface area (Å²) in [4.78, 5) is 0. The number of rotatable bonds is 5. The molecule has 0 saturated carbocycles. The number of nitrogens with one attached hydrogen (secondary N) is 1. The number of aryl methyl sites for hydroxylation is 1. The first kappa shape index (κ1) is 15.4. The zero-order valence-electron chi connectivity index (χ0n) is 11.6. The molecule has 1 aliphatic rings. The Morgan fingerprint density at radius 3 is 2.80 bits per heavy atom. The highest BCUT2D eigenvalue weighted by Gasteiger charge is 2.29. The SMILES string of the molecule is Cc1cc(F)ccc1CC(CC1CCS(=O)(=O)C1)NN. The van der Waals surface area contributed by atoms with Crippen LogP contribution in [0.3, 0.4) is 0 Å². The molecule has 0 aromatic heterocycles. The van der Waals surface area contributed by atoms with E-state index in [1.165, 1.54) is 12.1 Å². The molecule has 1 aliphatic heterocycles. The largest absolute Gasteiger partial charge is 0.271 e. The van der Waals surface area contributed by atoms with Crippen molar-refractivity contribution in [2.24, 2.45) is 11.8 Å². The fourth-order valence-electron chi connectivity index (χ4n) is 2.82. The second-order valence-corrected chi connectivity index (χ2v) is 7.87. The summed E-state index contributed by atoms with van der Waals surface area (Å²) >= 11 is 0. The second kappa shape index (κ2) is 6.20. The number of hydrogen-bond acceptors (Lipinski definition) is 4. The van der Waals surface area contributed by atoms with Crippen LogP contribution in [0.2, 0.25) is 0 Å². The van der Waals surface area contributed by atoms with Gasteiger partial charge >= 0.3 is 0 Å². The Bertz CT molecular complexity index is 575. The molecule has 2 atom stereocenters. The Morgan fingerprint density at radius 2 is 2.25 bits per heavy atom. The third kappa shape index (κ3) is 4.01. The maximum absolute atomic E-state index is 13.1. The lowest BCUT2D eigenvalue weighted by Gasteiger charge is -2.20. The van der Waals surface area contributed by atoms with E-state index in [9.17, 15) is 12.8 Å². The molecule has 20 heavy (non-hydrogen) atoms. The molecule has 0 radical (unpaired) electrons. The minimum Gasteiger partial charge on any atom is -0.271 e. The van der Waals surface area contributed by atoms with Crippen molar-refractivity contribution in [1.82, 2.24) is 5.43 Å². The Morgan fingerprint density at radius 1 is 1.50 bits per heavy atom. The monoisotopic (exact) mass is 300 g/mol. The van der Waals surface area contributed by atoms with Gasteiger partial charge in [0, 0.05) is 6.04 Å². The van der Waals surface area contributed by atoms with Gasteiger partial charge in [0.05, 0.1) is 11.5 Å². The van der Waals surface area contributed by atoms with Gasteiger partial charge in [0.1, 0.15) is 5.82 Å². The van der Waals surface area contributed by atoms with E-state index in [4.69, 9.17) is 5.84 Å². The highest BCUT2D eigenvalue weighted by molar-refractivity contribution is 7.91. The summed E-state index contributed by atoms with van der Waals surface area (Å²) in [6.45, 7) is 1.87. The fourth-order valence-corrected chi connectivity index (χ4v) is 4.70. The number of sulfone groups is 1. The molecule has 4 nitrogen and oxygen atoms in total. The van der Waals surface area contributed by atoms with Gasteiger partial charge in [0.25, 0.3) is 0 Å². The van der Waals surface area contributed by atoms with E-state index >= 15 is 0 Å². The first-order valence-electron chi connectivity index (χ1n) is 6.81. The smallest absolute Gasteiger partial charge is 0.150 e. The molecule has 0 spiro atoms. The van der Waals surface area contributed by atoms with Crippen LogP contribution in [-0.2, 0) is 16.3 Å². The van der Waals surface area contributed by atoms with Crippen LogP contribution < -0.4 is 11.3 Å². The maximum atomic E-state index is 13.1. The second-order valence-electron chi connectivity index (χ2n) is 5.64. The average molecular weight is 300 g/mol. The third-order valence-electron chi connectivity index (χ3n) is 3.95. The molecule has 6 heteroatoms. The van der Waals surface area contributed by atoms with Crippen LogP contribution in [0.25, 0.3) is 0 Å². The molecular weight excluding hydrogens is 279 g/mol. The van der Waals surface area contributed by atoms with Crippen LogP contribution >= 0.6 is 0 Å². The lowest BCUT2D eigenvalue weighted by atomic mass is 9.93. The summed E-state index contributed by atoms with van der Waals surface area (Å²) in [6.07, 6.45) is 2.12. The Balaban J connectivity index is 1.99. The zero-order valence-corrected chi connectivity index (χ0v) is 12.4. The van der Waals surface area contributed by atoms with Crippen molar-refractivity contribution >= 4 is 9.84 Å². The first-order chi connectivity index (χ1) is 9.39. The quantitative estimate of drug-likeness (QED) is 0.636. The topological polar surface area (TPSA) is 72.2 Å². The molecule has 1 heterocycles. The Kier molecular flexibility index (Phi) is 4.78. The molecule has 1 saturated heterocycles. The van der Waals surface area contributed by atoms with E-state index in [1.54, 1.807) is 6.07 Å². The molecule has 1 aromatic carbocycles. The van der Waals surface area contributed by atoms with Crippen LogP contribution in [0.15, 0.2) is 18.2 Å². The van der Waals surface area contributed by atoms with Gasteiger partial charge in [0.15, 0.2) is 9.84 Å². The highest BCUT2D eigenvalue weighted by Crippen LogP contribution is 2.24. The minimum atomic E-state index is -2.85. The van der Waals surface area contributed by atoms with Crippen LogP contribution in [0.4, 0.5) is 4.39 Å². The minimum absolute atomic E-state index is 0.0115. The zero-order chi connectivity index (χ0) is 14.8. The maximum Gasteiger partial charge on any atom is 0.150 e. The molecule has 1 fully saturated rings. The standard InChI is InChI=1S/C14H21FN2O2S/c1-10-6-13(15)3-2-12(10)8-14(17-16)7-11-4-5-20(18,19)9-11/h2-3,6,11,14,17H,4-5,7-9,16H2,1H3. The van der Waals surface area contributed by atoms with Crippen molar-refractivity contribution in [3.63, 3.8) is 0 Å². The van der Waals surface area contributed by atoms with Gasteiger partial charge in [-0.3, -0.25) is 11.3 Å². The van der Waals surface area contributed by atoms with Crippen molar-refractivity contribution < 1.29 is 12.8 Å². The van der Waals surface area contributed by atoms with Crippen molar-refractivity contribution in [2.45, 2.75) is 32.2 Å². The summed E-state index contributed by atoms with van der Waals surface area (Å²) in [5.41, 5.74) is 4.69. The van der Waals surface area contributed by atoms with E-state index in [0.29, 0.717) is 12.8 Å². The lowest BCUT2D eigenvalue weighted by molar-refractivity contribution is 0.408. The third-order valence-corrected chi connectivity index (χ3v) is 5.79. The molecule has 3 N–H and O–H groups in total. The van der Waals surface area contributed by atoms with Crippen molar-refractivity contribution in [1.29, 1.82) is 0 Å².